The van der Waals surface area contributed by atoms with Crippen LogP contribution in [0, 0.1) is 0 Å². The minimum absolute atomic E-state index is 0.0423. The molecule has 0 spiro atoms. The van der Waals surface area contributed by atoms with E-state index in [1.165, 1.54) is 12.1 Å². The quantitative estimate of drug-likeness (QED) is 0.602. The monoisotopic (exact) mass is 533 g/mol. The van der Waals surface area contributed by atoms with Gasteiger partial charge in [0.05, 0.1) is 11.1 Å². The lowest BCUT2D eigenvalue weighted by Gasteiger charge is -2.29. The van der Waals surface area contributed by atoms with Crippen molar-refractivity contribution in [2.75, 3.05) is 25.5 Å². The van der Waals surface area contributed by atoms with Crippen LogP contribution in [0.4, 0.5) is 23.9 Å². The number of likely N-dealkylation sites (tertiary alicyclic amines) is 1. The molecule has 1 aromatic carbocycles. The summed E-state index contributed by atoms with van der Waals surface area (Å²) in [5.74, 6) is -0.792. The maximum atomic E-state index is 13.3. The van der Waals surface area contributed by atoms with Gasteiger partial charge in [0, 0.05) is 10.5 Å². The van der Waals surface area contributed by atoms with E-state index < -0.39 is 30.3 Å². The molecule has 0 bridgehead atoms. The van der Waals surface area contributed by atoms with Gasteiger partial charge in [0.1, 0.15) is 17.7 Å². The number of anilines is 1. The summed E-state index contributed by atoms with van der Waals surface area (Å²) >= 11 is 3.28. The molecule has 1 aromatic heterocycles. The SMILES string of the molecule is CN1CCC(NC(=O)c2cc(Br)cc3c2nc(NC(=O)OC(C)(C)C)n3CC(F)(F)F)CC1. The molecule has 0 unspecified atom stereocenters. The number of amides is 2. The van der Waals surface area contributed by atoms with Crippen LogP contribution in [0.1, 0.15) is 44.0 Å². The van der Waals surface area contributed by atoms with Crippen LogP contribution in [-0.2, 0) is 11.3 Å². The zero-order chi connectivity index (χ0) is 24.6. The lowest BCUT2D eigenvalue weighted by atomic mass is 10.0. The molecule has 12 heteroatoms. The number of halogens is 4. The van der Waals surface area contributed by atoms with Crippen molar-refractivity contribution >= 4 is 44.9 Å². The van der Waals surface area contributed by atoms with Gasteiger partial charge in [-0.1, -0.05) is 15.9 Å². The first-order chi connectivity index (χ1) is 15.2. The first-order valence-corrected chi connectivity index (χ1v) is 11.3. The maximum Gasteiger partial charge on any atom is 0.414 e. The number of hydrogen-bond acceptors (Lipinski definition) is 5. The molecule has 1 aliphatic heterocycles. The van der Waals surface area contributed by atoms with Crippen LogP contribution in [-0.4, -0.2) is 64.4 Å². The molecule has 1 fully saturated rings. The summed E-state index contributed by atoms with van der Waals surface area (Å²) in [7, 11) is 2.00. The Bertz CT molecular complexity index is 1040. The molecule has 1 aliphatic rings. The van der Waals surface area contributed by atoms with Gasteiger partial charge < -0.3 is 19.5 Å². The van der Waals surface area contributed by atoms with E-state index in [0.717, 1.165) is 30.5 Å². The number of ether oxygens (including phenoxy) is 1. The summed E-state index contributed by atoms with van der Waals surface area (Å²) < 4.78 is 46.4. The fourth-order valence-electron chi connectivity index (χ4n) is 3.61. The standard InChI is InChI=1S/C21H27BrF3N5O3/c1-20(2,3)33-19(32)28-18-27-16-14(17(31)26-13-5-7-29(4)8-6-13)9-12(22)10-15(16)30(18)11-21(23,24)25/h9-10,13H,5-8,11H2,1-4H3,(H,26,31)(H,27,28,32). The molecular weight excluding hydrogens is 507 g/mol. The van der Waals surface area contributed by atoms with E-state index in [9.17, 15) is 22.8 Å². The average Bonchev–Trinajstić information content (AvgIpc) is 2.97. The second kappa shape index (κ2) is 9.49. The number of nitrogens with one attached hydrogen (secondary N) is 2. The lowest BCUT2D eigenvalue weighted by Crippen LogP contribution is -2.43. The Morgan fingerprint density at radius 1 is 1.21 bits per heavy atom. The predicted octanol–water partition coefficient (Wildman–Crippen LogP) is 4.53. The minimum Gasteiger partial charge on any atom is -0.444 e. The molecule has 182 valence electrons. The van der Waals surface area contributed by atoms with Crippen LogP contribution in [0.25, 0.3) is 11.0 Å². The van der Waals surface area contributed by atoms with Gasteiger partial charge >= 0.3 is 12.3 Å². The highest BCUT2D eigenvalue weighted by Crippen LogP contribution is 2.31. The molecule has 0 aliphatic carbocycles. The zero-order valence-electron chi connectivity index (χ0n) is 18.8. The molecule has 2 N–H and O–H groups in total. The largest absolute Gasteiger partial charge is 0.444 e. The molecule has 3 rings (SSSR count). The van der Waals surface area contributed by atoms with Crippen molar-refractivity contribution in [1.29, 1.82) is 0 Å². The van der Waals surface area contributed by atoms with E-state index in [1.807, 2.05) is 7.05 Å². The Morgan fingerprint density at radius 3 is 2.42 bits per heavy atom. The molecule has 0 radical (unpaired) electrons. The van der Waals surface area contributed by atoms with E-state index in [4.69, 9.17) is 4.74 Å². The second-order valence-electron chi connectivity index (χ2n) is 9.14. The molecule has 2 heterocycles. The molecule has 0 saturated carbocycles. The van der Waals surface area contributed by atoms with Crippen molar-refractivity contribution in [2.24, 2.45) is 0 Å². The van der Waals surface area contributed by atoms with Crippen LogP contribution in [0.2, 0.25) is 0 Å². The number of carbonyl (C=O) groups is 2. The average molecular weight is 534 g/mol. The van der Waals surface area contributed by atoms with E-state index >= 15 is 0 Å². The van der Waals surface area contributed by atoms with Crippen molar-refractivity contribution in [3.8, 4) is 0 Å². The number of benzene rings is 1. The molecule has 8 nitrogen and oxygen atoms in total. The molecule has 33 heavy (non-hydrogen) atoms. The molecule has 2 aromatic rings. The van der Waals surface area contributed by atoms with Crippen LogP contribution >= 0.6 is 15.9 Å². The van der Waals surface area contributed by atoms with Gasteiger partial charge in [-0.15, -0.1) is 0 Å². The van der Waals surface area contributed by atoms with Gasteiger partial charge in [0.15, 0.2) is 0 Å². The fraction of sp³-hybridized carbons (Fsp3) is 0.571. The molecule has 0 atom stereocenters. The number of aromatic nitrogens is 2. The van der Waals surface area contributed by atoms with Crippen molar-refractivity contribution in [3.63, 3.8) is 0 Å². The third-order valence-electron chi connectivity index (χ3n) is 5.07. The van der Waals surface area contributed by atoms with Gasteiger partial charge in [-0.25, -0.2) is 9.78 Å². The van der Waals surface area contributed by atoms with Crippen LogP contribution in [0.5, 0.6) is 0 Å². The number of rotatable bonds is 4. The van der Waals surface area contributed by atoms with Gasteiger partial charge in [-0.05, 0) is 65.9 Å². The smallest absolute Gasteiger partial charge is 0.414 e. The summed E-state index contributed by atoms with van der Waals surface area (Å²) in [5, 5.41) is 5.24. The Labute approximate surface area is 198 Å². The van der Waals surface area contributed by atoms with Crippen LogP contribution in [0.15, 0.2) is 16.6 Å². The number of hydrogen-bond donors (Lipinski definition) is 2. The Kier molecular flexibility index (Phi) is 7.27. The number of piperidine rings is 1. The molecular formula is C21H27BrF3N5O3. The zero-order valence-corrected chi connectivity index (χ0v) is 20.4. The van der Waals surface area contributed by atoms with Crippen molar-refractivity contribution < 1.29 is 27.5 Å². The van der Waals surface area contributed by atoms with Gasteiger partial charge in [-0.2, -0.15) is 13.2 Å². The van der Waals surface area contributed by atoms with E-state index in [1.54, 1.807) is 20.8 Å². The second-order valence-corrected chi connectivity index (χ2v) is 10.1. The number of nitrogens with zero attached hydrogens (tertiary/aromatic N) is 3. The van der Waals surface area contributed by atoms with E-state index in [2.05, 4.69) is 36.4 Å². The van der Waals surface area contributed by atoms with E-state index in [-0.39, 0.29) is 28.6 Å². The molecule has 2 amide bonds. The van der Waals surface area contributed by atoms with Crippen molar-refractivity contribution in [1.82, 2.24) is 19.8 Å². The highest BCUT2D eigenvalue weighted by molar-refractivity contribution is 9.10. The lowest BCUT2D eigenvalue weighted by molar-refractivity contribution is -0.139. The van der Waals surface area contributed by atoms with Gasteiger partial charge in [0.25, 0.3) is 5.91 Å². The first-order valence-electron chi connectivity index (χ1n) is 10.5. The topological polar surface area (TPSA) is 88.5 Å². The minimum atomic E-state index is -4.59. The van der Waals surface area contributed by atoms with Crippen molar-refractivity contribution in [2.45, 2.75) is 58.0 Å². The third kappa shape index (κ3) is 6.83. The number of fused-ring (bicyclic) bond motifs is 1. The number of carbonyl (C=O) groups excluding carboxylic acids is 2. The number of alkyl halides is 3. The predicted molar refractivity (Wildman–Crippen MR) is 121 cm³/mol. The Morgan fingerprint density at radius 2 is 1.85 bits per heavy atom. The summed E-state index contributed by atoms with van der Waals surface area (Å²) in [6, 6.07) is 2.90. The van der Waals surface area contributed by atoms with Crippen molar-refractivity contribution in [3.05, 3.63) is 22.2 Å². The highest BCUT2D eigenvalue weighted by atomic mass is 79.9. The first kappa shape index (κ1) is 25.3. The Hall–Kier alpha value is -2.34. The fourth-order valence-corrected chi connectivity index (χ4v) is 4.05. The summed E-state index contributed by atoms with van der Waals surface area (Å²) in [5.41, 5.74) is -0.626. The van der Waals surface area contributed by atoms with Crippen LogP contribution < -0.4 is 10.6 Å². The van der Waals surface area contributed by atoms with E-state index in [0.29, 0.717) is 4.47 Å². The summed E-state index contributed by atoms with van der Waals surface area (Å²) in [6.45, 7) is 5.17. The highest BCUT2D eigenvalue weighted by Gasteiger charge is 2.32. The number of imidazole rings is 1. The maximum absolute atomic E-state index is 13.3. The normalized spacial score (nSPS) is 16.1. The van der Waals surface area contributed by atoms with Crippen LogP contribution in [0.3, 0.4) is 0 Å². The van der Waals surface area contributed by atoms with Gasteiger partial charge in [0.2, 0.25) is 5.95 Å². The Balaban J connectivity index is 1.99. The third-order valence-corrected chi connectivity index (χ3v) is 5.53. The summed E-state index contributed by atoms with van der Waals surface area (Å²) in [4.78, 5) is 31.6. The summed E-state index contributed by atoms with van der Waals surface area (Å²) in [6.07, 6.45) is -3.99. The molecule has 1 saturated heterocycles. The van der Waals surface area contributed by atoms with Gasteiger partial charge in [-0.3, -0.25) is 10.1 Å².